The summed E-state index contributed by atoms with van der Waals surface area (Å²) in [6.45, 7) is 2.19. The minimum atomic E-state index is 0.321. The van der Waals surface area contributed by atoms with Crippen molar-refractivity contribution in [2.75, 3.05) is 5.32 Å². The molecular formula is C15H15Br2N. The van der Waals surface area contributed by atoms with Crippen LogP contribution in [0.5, 0.6) is 0 Å². The Labute approximate surface area is 125 Å². The Kier molecular flexibility index (Phi) is 4.84. The predicted molar refractivity (Wildman–Crippen MR) is 84.9 cm³/mol. The van der Waals surface area contributed by atoms with Gasteiger partial charge in [-0.1, -0.05) is 47.1 Å². The second-order valence-electron chi connectivity index (χ2n) is 4.14. The highest BCUT2D eigenvalue weighted by molar-refractivity contribution is 9.10. The lowest BCUT2D eigenvalue weighted by molar-refractivity contribution is 0.748. The Balaban J connectivity index is 2.23. The van der Waals surface area contributed by atoms with Gasteiger partial charge in [-0.2, -0.15) is 0 Å². The lowest BCUT2D eigenvalue weighted by Gasteiger charge is -2.20. The summed E-state index contributed by atoms with van der Waals surface area (Å²) in [5, 5.41) is 3.57. The van der Waals surface area contributed by atoms with E-state index in [1.807, 2.05) is 12.1 Å². The molecule has 0 fully saturated rings. The van der Waals surface area contributed by atoms with Crippen molar-refractivity contribution in [2.45, 2.75) is 19.4 Å². The van der Waals surface area contributed by atoms with Crippen molar-refractivity contribution in [1.82, 2.24) is 0 Å². The van der Waals surface area contributed by atoms with Crippen LogP contribution < -0.4 is 5.32 Å². The summed E-state index contributed by atoms with van der Waals surface area (Å²) in [7, 11) is 0. The summed E-state index contributed by atoms with van der Waals surface area (Å²) in [6, 6.07) is 17.0. The topological polar surface area (TPSA) is 12.0 Å². The van der Waals surface area contributed by atoms with Crippen LogP contribution in [0.15, 0.2) is 57.5 Å². The van der Waals surface area contributed by atoms with E-state index in [1.165, 1.54) is 5.56 Å². The Bertz CT molecular complexity index is 525. The molecule has 0 aliphatic rings. The van der Waals surface area contributed by atoms with Crippen molar-refractivity contribution in [3.8, 4) is 0 Å². The van der Waals surface area contributed by atoms with Crippen molar-refractivity contribution in [3.63, 3.8) is 0 Å². The fourth-order valence-electron chi connectivity index (χ4n) is 1.91. The van der Waals surface area contributed by atoms with Gasteiger partial charge in [0, 0.05) is 14.6 Å². The van der Waals surface area contributed by atoms with E-state index in [-0.39, 0.29) is 0 Å². The van der Waals surface area contributed by atoms with Crippen molar-refractivity contribution >= 4 is 37.5 Å². The Morgan fingerprint density at radius 1 is 1.06 bits per heavy atom. The van der Waals surface area contributed by atoms with Gasteiger partial charge in [0.2, 0.25) is 0 Å². The van der Waals surface area contributed by atoms with E-state index in [1.54, 1.807) is 0 Å². The van der Waals surface area contributed by atoms with Gasteiger partial charge in [0.15, 0.2) is 0 Å². The highest BCUT2D eigenvalue weighted by atomic mass is 79.9. The van der Waals surface area contributed by atoms with E-state index >= 15 is 0 Å². The SMILES string of the molecule is CCC(Nc1ccccc1Br)c1cccc(Br)c1. The molecule has 0 bridgehead atoms. The molecule has 0 amide bonds. The summed E-state index contributed by atoms with van der Waals surface area (Å²) in [5.74, 6) is 0. The summed E-state index contributed by atoms with van der Waals surface area (Å²) in [5.41, 5.74) is 2.42. The molecule has 1 nitrogen and oxygen atoms in total. The second-order valence-corrected chi connectivity index (χ2v) is 5.91. The number of halogens is 2. The largest absolute Gasteiger partial charge is 0.377 e. The normalized spacial score (nSPS) is 12.2. The third-order valence-corrected chi connectivity index (χ3v) is 4.05. The Morgan fingerprint density at radius 3 is 2.50 bits per heavy atom. The third kappa shape index (κ3) is 3.36. The predicted octanol–water partition coefficient (Wildman–Crippen LogP) is 5.77. The van der Waals surface area contributed by atoms with Gasteiger partial charge < -0.3 is 5.32 Å². The van der Waals surface area contributed by atoms with E-state index in [9.17, 15) is 0 Å². The highest BCUT2D eigenvalue weighted by Crippen LogP contribution is 2.28. The van der Waals surface area contributed by atoms with Crippen LogP contribution in [0, 0.1) is 0 Å². The molecule has 0 radical (unpaired) electrons. The minimum Gasteiger partial charge on any atom is -0.377 e. The van der Waals surface area contributed by atoms with Crippen LogP contribution in [0.1, 0.15) is 24.9 Å². The summed E-state index contributed by atoms with van der Waals surface area (Å²) in [4.78, 5) is 0. The molecule has 3 heteroatoms. The van der Waals surface area contributed by atoms with Crippen molar-refractivity contribution in [3.05, 3.63) is 63.0 Å². The van der Waals surface area contributed by atoms with E-state index in [2.05, 4.69) is 80.5 Å². The smallest absolute Gasteiger partial charge is 0.0512 e. The van der Waals surface area contributed by atoms with Gasteiger partial charge >= 0.3 is 0 Å². The second kappa shape index (κ2) is 6.39. The minimum absolute atomic E-state index is 0.321. The molecule has 1 atom stereocenters. The molecule has 2 aromatic rings. The van der Waals surface area contributed by atoms with E-state index in [0.717, 1.165) is 21.1 Å². The van der Waals surface area contributed by atoms with Crippen molar-refractivity contribution in [1.29, 1.82) is 0 Å². The van der Waals surface area contributed by atoms with E-state index < -0.39 is 0 Å². The molecule has 2 aromatic carbocycles. The van der Waals surface area contributed by atoms with Gasteiger partial charge in [-0.05, 0) is 52.2 Å². The molecule has 0 saturated carbocycles. The number of para-hydroxylation sites is 1. The molecule has 0 heterocycles. The Morgan fingerprint density at radius 2 is 1.83 bits per heavy atom. The average molecular weight is 369 g/mol. The van der Waals surface area contributed by atoms with Gasteiger partial charge in [-0.15, -0.1) is 0 Å². The first-order chi connectivity index (χ1) is 8.70. The zero-order valence-electron chi connectivity index (χ0n) is 10.2. The first kappa shape index (κ1) is 13.6. The van der Waals surface area contributed by atoms with Crippen molar-refractivity contribution < 1.29 is 0 Å². The monoisotopic (exact) mass is 367 g/mol. The number of rotatable bonds is 4. The molecule has 0 aliphatic carbocycles. The van der Waals surface area contributed by atoms with Gasteiger partial charge in [0.25, 0.3) is 0 Å². The van der Waals surface area contributed by atoms with Gasteiger partial charge in [0.1, 0.15) is 0 Å². The number of hydrogen-bond acceptors (Lipinski definition) is 1. The van der Waals surface area contributed by atoms with Gasteiger partial charge in [-0.3, -0.25) is 0 Å². The number of hydrogen-bond donors (Lipinski definition) is 1. The standard InChI is InChI=1S/C15H15Br2N/c1-2-14(11-6-5-7-12(16)10-11)18-15-9-4-3-8-13(15)17/h3-10,14,18H,2H2,1H3. The maximum atomic E-state index is 3.57. The average Bonchev–Trinajstić information content (AvgIpc) is 2.38. The molecule has 1 N–H and O–H groups in total. The molecule has 0 spiro atoms. The number of anilines is 1. The zero-order chi connectivity index (χ0) is 13.0. The fourth-order valence-corrected chi connectivity index (χ4v) is 2.73. The summed E-state index contributed by atoms with van der Waals surface area (Å²) < 4.78 is 2.21. The molecule has 0 aromatic heterocycles. The first-order valence-corrected chi connectivity index (χ1v) is 7.56. The molecule has 0 saturated heterocycles. The molecule has 1 unspecified atom stereocenters. The number of benzene rings is 2. The van der Waals surface area contributed by atoms with Crippen LogP contribution in [0.2, 0.25) is 0 Å². The highest BCUT2D eigenvalue weighted by Gasteiger charge is 2.10. The van der Waals surface area contributed by atoms with E-state index in [4.69, 9.17) is 0 Å². The van der Waals surface area contributed by atoms with Crippen LogP contribution >= 0.6 is 31.9 Å². The molecular weight excluding hydrogens is 354 g/mol. The van der Waals surface area contributed by atoms with Crippen LogP contribution in [0.25, 0.3) is 0 Å². The number of nitrogens with one attached hydrogen (secondary N) is 1. The molecule has 0 aliphatic heterocycles. The molecule has 18 heavy (non-hydrogen) atoms. The third-order valence-electron chi connectivity index (χ3n) is 2.86. The van der Waals surface area contributed by atoms with Crippen LogP contribution in [0.4, 0.5) is 5.69 Å². The maximum absolute atomic E-state index is 3.57. The zero-order valence-corrected chi connectivity index (χ0v) is 13.3. The summed E-state index contributed by atoms with van der Waals surface area (Å²) in [6.07, 6.45) is 1.04. The van der Waals surface area contributed by atoms with Crippen LogP contribution in [-0.2, 0) is 0 Å². The van der Waals surface area contributed by atoms with Gasteiger partial charge in [0.05, 0.1) is 6.04 Å². The fraction of sp³-hybridized carbons (Fsp3) is 0.200. The van der Waals surface area contributed by atoms with Crippen molar-refractivity contribution in [2.24, 2.45) is 0 Å². The Hall–Kier alpha value is -0.800. The quantitative estimate of drug-likeness (QED) is 0.721. The first-order valence-electron chi connectivity index (χ1n) is 5.97. The molecule has 2 rings (SSSR count). The summed E-state index contributed by atoms with van der Waals surface area (Å²) >= 11 is 7.09. The van der Waals surface area contributed by atoms with E-state index in [0.29, 0.717) is 6.04 Å². The lowest BCUT2D eigenvalue weighted by Crippen LogP contribution is -2.09. The lowest BCUT2D eigenvalue weighted by atomic mass is 10.0. The van der Waals surface area contributed by atoms with Gasteiger partial charge in [-0.25, -0.2) is 0 Å². The van der Waals surface area contributed by atoms with Crippen LogP contribution in [0.3, 0.4) is 0 Å². The van der Waals surface area contributed by atoms with Crippen LogP contribution in [-0.4, -0.2) is 0 Å². The maximum Gasteiger partial charge on any atom is 0.0512 e. The molecule has 94 valence electrons.